The molecular formula is C15H21N5O2. The Hall–Kier alpha value is -2.28. The highest BCUT2D eigenvalue weighted by atomic mass is 16.4. The molecule has 0 bridgehead atoms. The minimum atomic E-state index is 0.00723. The van der Waals surface area contributed by atoms with Gasteiger partial charge in [-0.3, -0.25) is 14.7 Å². The number of likely N-dealkylation sites (N-methyl/N-ethyl adjacent to an activating group) is 2. The van der Waals surface area contributed by atoms with Crippen LogP contribution in [-0.4, -0.2) is 51.5 Å². The fourth-order valence-electron chi connectivity index (χ4n) is 1.99. The van der Waals surface area contributed by atoms with E-state index in [9.17, 15) is 4.79 Å². The second-order valence-electron chi connectivity index (χ2n) is 5.22. The number of carbonyl (C=O) groups excluding carboxylic acids is 1. The van der Waals surface area contributed by atoms with Gasteiger partial charge >= 0.3 is 0 Å². The van der Waals surface area contributed by atoms with E-state index in [2.05, 4.69) is 15.2 Å². The smallest absolute Gasteiger partial charge is 0.236 e. The number of carbonyl (C=O) groups is 1. The van der Waals surface area contributed by atoms with E-state index in [1.807, 2.05) is 31.0 Å². The highest BCUT2D eigenvalue weighted by Crippen LogP contribution is 2.05. The molecule has 2 rings (SSSR count). The molecule has 0 saturated heterocycles. The summed E-state index contributed by atoms with van der Waals surface area (Å²) in [6, 6.07) is 3.88. The van der Waals surface area contributed by atoms with Crippen LogP contribution >= 0.6 is 0 Å². The third-order valence-electron chi connectivity index (χ3n) is 3.22. The molecule has 0 radical (unpaired) electrons. The summed E-state index contributed by atoms with van der Waals surface area (Å²) in [6.07, 6.45) is 4.19. The molecule has 22 heavy (non-hydrogen) atoms. The Labute approximate surface area is 130 Å². The quantitative estimate of drug-likeness (QED) is 0.763. The first-order valence-corrected chi connectivity index (χ1v) is 7.21. The van der Waals surface area contributed by atoms with Crippen molar-refractivity contribution in [2.75, 3.05) is 20.6 Å². The van der Waals surface area contributed by atoms with Crippen LogP contribution in [0.1, 0.15) is 24.3 Å². The summed E-state index contributed by atoms with van der Waals surface area (Å²) in [4.78, 5) is 19.7. The fourth-order valence-corrected chi connectivity index (χ4v) is 1.99. The monoisotopic (exact) mass is 303 g/mol. The number of aryl methyl sites for hydroxylation is 1. The summed E-state index contributed by atoms with van der Waals surface area (Å²) in [5, 5.41) is 7.82. The van der Waals surface area contributed by atoms with E-state index in [1.165, 1.54) is 0 Å². The van der Waals surface area contributed by atoms with Gasteiger partial charge in [-0.2, -0.15) is 0 Å². The molecule has 2 aromatic heterocycles. The predicted molar refractivity (Wildman–Crippen MR) is 80.7 cm³/mol. The average molecular weight is 303 g/mol. The van der Waals surface area contributed by atoms with Gasteiger partial charge < -0.3 is 9.32 Å². The molecule has 2 heterocycles. The van der Waals surface area contributed by atoms with Crippen molar-refractivity contribution >= 4 is 5.91 Å². The third-order valence-corrected chi connectivity index (χ3v) is 3.22. The van der Waals surface area contributed by atoms with E-state index in [-0.39, 0.29) is 5.91 Å². The van der Waals surface area contributed by atoms with E-state index in [1.54, 1.807) is 24.3 Å². The first kappa shape index (κ1) is 16.1. The topological polar surface area (TPSA) is 75.4 Å². The maximum atomic E-state index is 12.2. The van der Waals surface area contributed by atoms with Crippen molar-refractivity contribution in [2.24, 2.45) is 0 Å². The van der Waals surface area contributed by atoms with Crippen LogP contribution in [-0.2, 0) is 24.3 Å². The standard InChI is InChI=1S/C15H21N5O2/c1-4-13-17-18-14(22-13)10-20(3)15(21)11-19(2)9-12-5-7-16-8-6-12/h5-8H,4,9-11H2,1-3H3. The summed E-state index contributed by atoms with van der Waals surface area (Å²) in [6.45, 7) is 3.30. The van der Waals surface area contributed by atoms with Gasteiger partial charge in [0.1, 0.15) is 0 Å². The van der Waals surface area contributed by atoms with Gasteiger partial charge in [-0.15, -0.1) is 10.2 Å². The number of rotatable bonds is 7. The Morgan fingerprint density at radius 3 is 2.45 bits per heavy atom. The minimum Gasteiger partial charge on any atom is -0.423 e. The van der Waals surface area contributed by atoms with Gasteiger partial charge in [0, 0.05) is 32.4 Å². The van der Waals surface area contributed by atoms with Crippen molar-refractivity contribution in [1.29, 1.82) is 0 Å². The van der Waals surface area contributed by atoms with Crippen molar-refractivity contribution < 1.29 is 9.21 Å². The number of nitrogens with zero attached hydrogens (tertiary/aromatic N) is 5. The molecule has 0 atom stereocenters. The van der Waals surface area contributed by atoms with Crippen LogP contribution in [0, 0.1) is 0 Å². The molecule has 0 aliphatic rings. The van der Waals surface area contributed by atoms with Gasteiger partial charge in [0.2, 0.25) is 17.7 Å². The number of amides is 1. The number of aromatic nitrogens is 3. The molecule has 0 spiro atoms. The first-order valence-electron chi connectivity index (χ1n) is 7.21. The zero-order chi connectivity index (χ0) is 15.9. The Morgan fingerprint density at radius 1 is 1.14 bits per heavy atom. The van der Waals surface area contributed by atoms with Crippen LogP contribution in [0.2, 0.25) is 0 Å². The van der Waals surface area contributed by atoms with Crippen molar-refractivity contribution in [3.05, 3.63) is 41.9 Å². The molecular weight excluding hydrogens is 282 g/mol. The Morgan fingerprint density at radius 2 is 1.82 bits per heavy atom. The summed E-state index contributed by atoms with van der Waals surface area (Å²) in [7, 11) is 3.65. The van der Waals surface area contributed by atoms with Crippen LogP contribution < -0.4 is 0 Å². The van der Waals surface area contributed by atoms with Crippen LogP contribution in [0.15, 0.2) is 28.9 Å². The zero-order valence-electron chi connectivity index (χ0n) is 13.2. The number of hydrogen-bond acceptors (Lipinski definition) is 6. The molecule has 2 aromatic rings. The van der Waals surface area contributed by atoms with Gasteiger partial charge in [-0.25, -0.2) is 0 Å². The molecule has 118 valence electrons. The lowest BCUT2D eigenvalue weighted by Gasteiger charge is -2.20. The van der Waals surface area contributed by atoms with Gasteiger partial charge in [0.25, 0.3) is 0 Å². The van der Waals surface area contributed by atoms with Crippen molar-refractivity contribution in [3.8, 4) is 0 Å². The summed E-state index contributed by atoms with van der Waals surface area (Å²) >= 11 is 0. The maximum Gasteiger partial charge on any atom is 0.236 e. The highest BCUT2D eigenvalue weighted by Gasteiger charge is 2.15. The summed E-state index contributed by atoms with van der Waals surface area (Å²) in [5.74, 6) is 1.06. The molecule has 7 nitrogen and oxygen atoms in total. The van der Waals surface area contributed by atoms with E-state index in [4.69, 9.17) is 4.42 Å². The predicted octanol–water partition coefficient (Wildman–Crippen LogP) is 1.12. The largest absolute Gasteiger partial charge is 0.423 e. The van der Waals surface area contributed by atoms with Crippen LogP contribution in [0.4, 0.5) is 0 Å². The minimum absolute atomic E-state index is 0.00723. The van der Waals surface area contributed by atoms with Crippen molar-refractivity contribution in [2.45, 2.75) is 26.4 Å². The highest BCUT2D eigenvalue weighted by molar-refractivity contribution is 5.77. The van der Waals surface area contributed by atoms with Gasteiger partial charge in [0.15, 0.2) is 0 Å². The molecule has 7 heteroatoms. The van der Waals surface area contributed by atoms with E-state index < -0.39 is 0 Å². The normalized spacial score (nSPS) is 10.9. The first-order chi connectivity index (χ1) is 10.6. The third kappa shape index (κ3) is 4.63. The molecule has 1 amide bonds. The molecule has 0 saturated carbocycles. The van der Waals surface area contributed by atoms with E-state index >= 15 is 0 Å². The van der Waals surface area contributed by atoms with E-state index in [0.717, 1.165) is 5.56 Å². The molecule has 0 aliphatic heterocycles. The van der Waals surface area contributed by atoms with Crippen molar-refractivity contribution in [1.82, 2.24) is 25.0 Å². The van der Waals surface area contributed by atoms with Crippen LogP contribution in [0.3, 0.4) is 0 Å². The van der Waals surface area contributed by atoms with Gasteiger partial charge in [-0.1, -0.05) is 6.92 Å². The maximum absolute atomic E-state index is 12.2. The van der Waals surface area contributed by atoms with Crippen LogP contribution in [0.25, 0.3) is 0 Å². The van der Waals surface area contributed by atoms with Gasteiger partial charge in [0.05, 0.1) is 13.1 Å². The number of hydrogen-bond donors (Lipinski definition) is 0. The molecule has 0 aromatic carbocycles. The molecule has 0 fully saturated rings. The second kappa shape index (κ2) is 7.65. The van der Waals surface area contributed by atoms with Crippen LogP contribution in [0.5, 0.6) is 0 Å². The second-order valence-corrected chi connectivity index (χ2v) is 5.22. The molecule has 0 unspecified atom stereocenters. The zero-order valence-corrected chi connectivity index (χ0v) is 13.2. The van der Waals surface area contributed by atoms with E-state index in [0.29, 0.717) is 37.8 Å². The molecule has 0 aliphatic carbocycles. The fraction of sp³-hybridized carbons (Fsp3) is 0.467. The SMILES string of the molecule is CCc1nnc(CN(C)C(=O)CN(C)Cc2ccncc2)o1. The summed E-state index contributed by atoms with van der Waals surface area (Å²) < 4.78 is 5.42. The number of pyridine rings is 1. The molecule has 0 N–H and O–H groups in total. The van der Waals surface area contributed by atoms with Crippen molar-refractivity contribution in [3.63, 3.8) is 0 Å². The Balaban J connectivity index is 1.82. The summed E-state index contributed by atoms with van der Waals surface area (Å²) in [5.41, 5.74) is 1.12. The Kier molecular flexibility index (Phi) is 5.60. The Bertz CT molecular complexity index is 599. The van der Waals surface area contributed by atoms with Gasteiger partial charge in [-0.05, 0) is 24.7 Å². The lowest BCUT2D eigenvalue weighted by atomic mass is 10.2. The average Bonchev–Trinajstić information content (AvgIpc) is 2.95. The lowest BCUT2D eigenvalue weighted by Crippen LogP contribution is -2.36. The lowest BCUT2D eigenvalue weighted by molar-refractivity contribution is -0.131.